The summed E-state index contributed by atoms with van der Waals surface area (Å²) >= 11 is 5.71. The molecule has 0 amide bonds. The highest BCUT2D eigenvalue weighted by Crippen LogP contribution is 2.21. The Morgan fingerprint density at radius 3 is 2.88 bits per heavy atom. The number of hydrogen-bond donors (Lipinski definition) is 0. The predicted molar refractivity (Wildman–Crippen MR) is 66.4 cm³/mol. The van der Waals surface area contributed by atoms with Crippen molar-refractivity contribution in [3.8, 4) is 0 Å². The molecule has 0 aromatic carbocycles. The molecule has 0 radical (unpaired) electrons. The summed E-state index contributed by atoms with van der Waals surface area (Å²) in [4.78, 5) is 3.99. The fourth-order valence-electron chi connectivity index (χ4n) is 1.78. The van der Waals surface area contributed by atoms with Gasteiger partial charge < -0.3 is 0 Å². The van der Waals surface area contributed by atoms with Gasteiger partial charge in [0, 0.05) is 19.3 Å². The molecule has 0 fully saturated rings. The maximum absolute atomic E-state index is 12.3. The Hall–Kier alpha value is -0.910. The largest absolute Gasteiger partial charge is 0.244 e. The first-order valence-corrected chi connectivity index (χ1v) is 7.09. The molecule has 0 saturated carbocycles. The first kappa shape index (κ1) is 12.5. The van der Waals surface area contributed by atoms with E-state index in [0.717, 1.165) is 12.0 Å². The average molecular weight is 273 g/mol. The molecule has 6 heteroatoms. The summed E-state index contributed by atoms with van der Waals surface area (Å²) in [6.45, 7) is 2.89. The van der Waals surface area contributed by atoms with Gasteiger partial charge in [-0.05, 0) is 25.5 Å². The van der Waals surface area contributed by atoms with Crippen LogP contribution in [0.25, 0.3) is 0 Å². The van der Waals surface area contributed by atoms with Crippen LogP contribution in [0, 0.1) is 0 Å². The van der Waals surface area contributed by atoms with Gasteiger partial charge >= 0.3 is 0 Å². The predicted octanol–water partition coefficient (Wildman–Crippen LogP) is 2.08. The Morgan fingerprint density at radius 2 is 2.24 bits per heavy atom. The Balaban J connectivity index is 2.34. The van der Waals surface area contributed by atoms with Gasteiger partial charge in [-0.15, -0.1) is 0 Å². The highest BCUT2D eigenvalue weighted by atomic mass is 35.5. The van der Waals surface area contributed by atoms with Crippen LogP contribution in [0.1, 0.15) is 13.3 Å². The smallest absolute Gasteiger partial charge is 0.243 e. The SMILES string of the molecule is CC1=CCCN(S(=O)(=O)c2ccnc(Cl)c2)C1. The van der Waals surface area contributed by atoms with Crippen LogP contribution in [0.5, 0.6) is 0 Å². The highest BCUT2D eigenvalue weighted by Gasteiger charge is 2.26. The summed E-state index contributed by atoms with van der Waals surface area (Å²) in [7, 11) is -3.45. The second-order valence-electron chi connectivity index (χ2n) is 3.99. The van der Waals surface area contributed by atoms with E-state index >= 15 is 0 Å². The molecule has 1 aromatic rings. The fraction of sp³-hybridized carbons (Fsp3) is 0.364. The number of halogens is 1. The molecule has 2 rings (SSSR count). The topological polar surface area (TPSA) is 50.3 Å². The van der Waals surface area contributed by atoms with Crippen molar-refractivity contribution in [1.29, 1.82) is 0 Å². The van der Waals surface area contributed by atoms with Crippen molar-refractivity contribution in [2.45, 2.75) is 18.2 Å². The number of pyridine rings is 1. The Labute approximate surface area is 106 Å². The molecule has 0 N–H and O–H groups in total. The Bertz CT molecular complexity index is 554. The van der Waals surface area contributed by atoms with Crippen molar-refractivity contribution < 1.29 is 8.42 Å². The maximum atomic E-state index is 12.3. The van der Waals surface area contributed by atoms with Crippen molar-refractivity contribution in [1.82, 2.24) is 9.29 Å². The van der Waals surface area contributed by atoms with E-state index in [0.29, 0.717) is 13.1 Å². The van der Waals surface area contributed by atoms with Crippen LogP contribution in [-0.2, 0) is 10.0 Å². The van der Waals surface area contributed by atoms with Gasteiger partial charge in [-0.2, -0.15) is 4.31 Å². The molecule has 92 valence electrons. The lowest BCUT2D eigenvalue weighted by Gasteiger charge is -2.25. The summed E-state index contributed by atoms with van der Waals surface area (Å²) in [5.74, 6) is 0. The van der Waals surface area contributed by atoms with Crippen molar-refractivity contribution in [3.63, 3.8) is 0 Å². The number of hydrogen-bond acceptors (Lipinski definition) is 3. The lowest BCUT2D eigenvalue weighted by molar-refractivity contribution is 0.428. The molecule has 0 atom stereocenters. The van der Waals surface area contributed by atoms with Gasteiger partial charge in [-0.3, -0.25) is 0 Å². The molecular formula is C11H13ClN2O2S. The molecular weight excluding hydrogens is 260 g/mol. The van der Waals surface area contributed by atoms with Crippen molar-refractivity contribution in [3.05, 3.63) is 35.1 Å². The van der Waals surface area contributed by atoms with E-state index in [1.165, 1.54) is 22.6 Å². The van der Waals surface area contributed by atoms with Crippen LogP contribution in [0.3, 0.4) is 0 Å². The molecule has 0 spiro atoms. The van der Waals surface area contributed by atoms with Crippen molar-refractivity contribution >= 4 is 21.6 Å². The number of nitrogens with zero attached hydrogens (tertiary/aromatic N) is 2. The molecule has 4 nitrogen and oxygen atoms in total. The van der Waals surface area contributed by atoms with E-state index in [1.54, 1.807) is 0 Å². The van der Waals surface area contributed by atoms with Crippen molar-refractivity contribution in [2.75, 3.05) is 13.1 Å². The van der Waals surface area contributed by atoms with Gasteiger partial charge in [0.15, 0.2) is 0 Å². The summed E-state index contributed by atoms with van der Waals surface area (Å²) in [5, 5.41) is 0.190. The minimum absolute atomic E-state index is 0.190. The summed E-state index contributed by atoms with van der Waals surface area (Å²) in [6, 6.07) is 2.85. The van der Waals surface area contributed by atoms with Crippen LogP contribution in [0.2, 0.25) is 5.15 Å². The van der Waals surface area contributed by atoms with Gasteiger partial charge in [-0.1, -0.05) is 23.3 Å². The third kappa shape index (κ3) is 2.68. The number of sulfonamides is 1. The summed E-state index contributed by atoms with van der Waals surface area (Å²) in [6.07, 6.45) is 4.22. The van der Waals surface area contributed by atoms with Crippen LogP contribution >= 0.6 is 11.6 Å². The third-order valence-corrected chi connectivity index (χ3v) is 4.68. The van der Waals surface area contributed by atoms with Gasteiger partial charge in [0.05, 0.1) is 4.90 Å². The minimum atomic E-state index is -3.45. The second-order valence-corrected chi connectivity index (χ2v) is 6.32. The second kappa shape index (κ2) is 4.76. The van der Waals surface area contributed by atoms with E-state index in [9.17, 15) is 8.42 Å². The zero-order chi connectivity index (χ0) is 12.5. The fourth-order valence-corrected chi connectivity index (χ4v) is 3.53. The van der Waals surface area contributed by atoms with E-state index in [2.05, 4.69) is 11.1 Å². The Morgan fingerprint density at radius 1 is 1.47 bits per heavy atom. The molecule has 1 aromatic heterocycles. The number of aromatic nitrogens is 1. The van der Waals surface area contributed by atoms with E-state index in [-0.39, 0.29) is 10.0 Å². The molecule has 1 aliphatic heterocycles. The number of rotatable bonds is 2. The molecule has 0 unspecified atom stereocenters. The molecule has 0 saturated heterocycles. The zero-order valence-electron chi connectivity index (χ0n) is 9.43. The maximum Gasteiger partial charge on any atom is 0.243 e. The van der Waals surface area contributed by atoms with Gasteiger partial charge in [0.25, 0.3) is 0 Å². The van der Waals surface area contributed by atoms with Crippen LogP contribution in [0.4, 0.5) is 0 Å². The van der Waals surface area contributed by atoms with Gasteiger partial charge in [0.2, 0.25) is 10.0 Å². The first-order chi connectivity index (χ1) is 8.00. The molecule has 17 heavy (non-hydrogen) atoms. The van der Waals surface area contributed by atoms with E-state index in [1.807, 2.05) is 6.92 Å². The molecule has 2 heterocycles. The molecule has 1 aliphatic rings. The Kier molecular flexibility index (Phi) is 3.51. The standard InChI is InChI=1S/C11H13ClN2O2S/c1-9-3-2-6-14(8-9)17(15,16)10-4-5-13-11(12)7-10/h3-5,7H,2,6,8H2,1H3. The first-order valence-electron chi connectivity index (χ1n) is 5.27. The van der Waals surface area contributed by atoms with E-state index in [4.69, 9.17) is 11.6 Å². The highest BCUT2D eigenvalue weighted by molar-refractivity contribution is 7.89. The third-order valence-electron chi connectivity index (χ3n) is 2.63. The minimum Gasteiger partial charge on any atom is -0.244 e. The van der Waals surface area contributed by atoms with Crippen LogP contribution in [-0.4, -0.2) is 30.8 Å². The zero-order valence-corrected chi connectivity index (χ0v) is 11.0. The van der Waals surface area contributed by atoms with Crippen molar-refractivity contribution in [2.24, 2.45) is 0 Å². The average Bonchev–Trinajstić information content (AvgIpc) is 2.29. The van der Waals surface area contributed by atoms with Crippen LogP contribution < -0.4 is 0 Å². The molecule has 0 aliphatic carbocycles. The van der Waals surface area contributed by atoms with Gasteiger partial charge in [-0.25, -0.2) is 13.4 Å². The summed E-state index contributed by atoms with van der Waals surface area (Å²) < 4.78 is 26.1. The van der Waals surface area contributed by atoms with Crippen LogP contribution in [0.15, 0.2) is 34.9 Å². The lowest BCUT2D eigenvalue weighted by Crippen LogP contribution is -2.35. The van der Waals surface area contributed by atoms with Gasteiger partial charge in [0.1, 0.15) is 5.15 Å². The van der Waals surface area contributed by atoms with E-state index < -0.39 is 10.0 Å². The monoisotopic (exact) mass is 272 g/mol. The molecule has 0 bridgehead atoms. The normalized spacial score (nSPS) is 17.9. The summed E-state index contributed by atoms with van der Waals surface area (Å²) in [5.41, 5.74) is 1.07. The quantitative estimate of drug-likeness (QED) is 0.612. The lowest BCUT2D eigenvalue weighted by atomic mass is 10.2.